The summed E-state index contributed by atoms with van der Waals surface area (Å²) in [7, 11) is 0. The molecule has 1 aromatic heterocycles. The monoisotopic (exact) mass is 268 g/mol. The molecule has 0 aliphatic carbocycles. The Kier molecular flexibility index (Phi) is 3.31. The van der Waals surface area contributed by atoms with Crippen LogP contribution in [0.1, 0.15) is 0 Å². The molecule has 10 nitrogen and oxygen atoms in total. The Labute approximate surface area is 107 Å². The number of nitro groups is 1. The fraction of sp³-hybridized carbons (Fsp3) is 0.444. The molecular weight excluding hydrogens is 256 g/mol. The highest BCUT2D eigenvalue weighted by Crippen LogP contribution is 2.30. The lowest BCUT2D eigenvalue weighted by molar-refractivity contribution is -0.383. The Bertz CT molecular complexity index is 513. The maximum Gasteiger partial charge on any atom is 0.407 e. The van der Waals surface area contributed by atoms with Gasteiger partial charge in [-0.2, -0.15) is 0 Å². The van der Waals surface area contributed by atoms with Gasteiger partial charge in [-0.25, -0.2) is 14.8 Å². The van der Waals surface area contributed by atoms with Crippen LogP contribution in [-0.2, 0) is 0 Å². The summed E-state index contributed by atoms with van der Waals surface area (Å²) < 4.78 is 0. The van der Waals surface area contributed by atoms with Crippen LogP contribution in [0, 0.1) is 10.1 Å². The van der Waals surface area contributed by atoms with Gasteiger partial charge in [0.1, 0.15) is 6.33 Å². The predicted molar refractivity (Wildman–Crippen MR) is 64.9 cm³/mol. The van der Waals surface area contributed by atoms with Crippen molar-refractivity contribution in [2.45, 2.75) is 0 Å². The Morgan fingerprint density at radius 3 is 2.53 bits per heavy atom. The van der Waals surface area contributed by atoms with Crippen molar-refractivity contribution in [3.05, 3.63) is 16.4 Å². The van der Waals surface area contributed by atoms with Gasteiger partial charge in [0.15, 0.2) is 0 Å². The van der Waals surface area contributed by atoms with E-state index in [0.717, 1.165) is 6.33 Å². The largest absolute Gasteiger partial charge is 0.465 e. The second-order valence-electron chi connectivity index (χ2n) is 3.94. The van der Waals surface area contributed by atoms with E-state index < -0.39 is 11.0 Å². The van der Waals surface area contributed by atoms with Crippen LogP contribution in [-0.4, -0.2) is 57.2 Å². The van der Waals surface area contributed by atoms with Crippen LogP contribution in [0.25, 0.3) is 0 Å². The number of anilines is 2. The molecule has 1 aliphatic heterocycles. The van der Waals surface area contributed by atoms with Crippen LogP contribution < -0.4 is 10.6 Å². The fourth-order valence-corrected chi connectivity index (χ4v) is 1.90. The second-order valence-corrected chi connectivity index (χ2v) is 3.94. The average molecular weight is 268 g/mol. The molecule has 0 radical (unpaired) electrons. The standard InChI is InChI=1S/C9H12N6O4/c10-7-6(15(18)19)8(12-5-11-7)13-1-3-14(4-2-13)9(16)17/h5H,1-4H2,(H,16,17)(H2,10,11,12). The first-order valence-electron chi connectivity index (χ1n) is 5.48. The van der Waals surface area contributed by atoms with E-state index in [9.17, 15) is 14.9 Å². The highest BCUT2D eigenvalue weighted by atomic mass is 16.6. The van der Waals surface area contributed by atoms with Gasteiger partial charge < -0.3 is 20.6 Å². The van der Waals surface area contributed by atoms with Gasteiger partial charge in [0.05, 0.1) is 4.92 Å². The van der Waals surface area contributed by atoms with Crippen LogP contribution in [0.4, 0.5) is 22.1 Å². The van der Waals surface area contributed by atoms with Gasteiger partial charge in [-0.3, -0.25) is 10.1 Å². The number of rotatable bonds is 2. The van der Waals surface area contributed by atoms with E-state index in [2.05, 4.69) is 9.97 Å². The number of carboxylic acid groups (broad SMARTS) is 1. The van der Waals surface area contributed by atoms with Crippen molar-refractivity contribution in [3.8, 4) is 0 Å². The lowest BCUT2D eigenvalue weighted by Crippen LogP contribution is -2.48. The normalized spacial score (nSPS) is 15.4. The molecular formula is C9H12N6O4. The van der Waals surface area contributed by atoms with Crippen LogP contribution in [0.2, 0.25) is 0 Å². The zero-order valence-electron chi connectivity index (χ0n) is 9.89. The molecule has 0 bridgehead atoms. The summed E-state index contributed by atoms with van der Waals surface area (Å²) >= 11 is 0. The van der Waals surface area contributed by atoms with E-state index in [1.54, 1.807) is 4.90 Å². The van der Waals surface area contributed by atoms with Gasteiger partial charge in [-0.15, -0.1) is 0 Å². The zero-order chi connectivity index (χ0) is 14.0. The fourth-order valence-electron chi connectivity index (χ4n) is 1.90. The van der Waals surface area contributed by atoms with Crippen molar-refractivity contribution in [2.75, 3.05) is 36.8 Å². The minimum absolute atomic E-state index is 0.127. The first kappa shape index (κ1) is 12.8. The first-order chi connectivity index (χ1) is 9.00. The number of carbonyl (C=O) groups is 1. The molecule has 19 heavy (non-hydrogen) atoms. The van der Waals surface area contributed by atoms with Crippen LogP contribution in [0.3, 0.4) is 0 Å². The number of hydrogen-bond donors (Lipinski definition) is 2. The third kappa shape index (κ3) is 2.46. The third-order valence-corrected chi connectivity index (χ3v) is 2.86. The molecule has 1 fully saturated rings. The molecule has 0 atom stereocenters. The van der Waals surface area contributed by atoms with Gasteiger partial charge in [0, 0.05) is 26.2 Å². The van der Waals surface area contributed by atoms with E-state index in [0.29, 0.717) is 13.1 Å². The molecule has 2 rings (SSSR count). The Hall–Kier alpha value is -2.65. The number of nitrogen functional groups attached to an aromatic ring is 1. The van der Waals surface area contributed by atoms with Gasteiger partial charge >= 0.3 is 11.8 Å². The summed E-state index contributed by atoms with van der Waals surface area (Å²) in [6, 6.07) is 0. The summed E-state index contributed by atoms with van der Waals surface area (Å²) in [6.07, 6.45) is 0.151. The molecule has 1 aromatic rings. The molecule has 1 aliphatic rings. The lowest BCUT2D eigenvalue weighted by atomic mass is 10.3. The molecule has 0 aromatic carbocycles. The quantitative estimate of drug-likeness (QED) is 0.553. The third-order valence-electron chi connectivity index (χ3n) is 2.86. The molecule has 0 spiro atoms. The summed E-state index contributed by atoms with van der Waals surface area (Å²) in [5.41, 5.74) is 5.14. The van der Waals surface area contributed by atoms with Crippen molar-refractivity contribution in [3.63, 3.8) is 0 Å². The molecule has 10 heteroatoms. The predicted octanol–water partition coefficient (Wildman–Crippen LogP) is -0.233. The van der Waals surface area contributed by atoms with Crippen LogP contribution in [0.15, 0.2) is 6.33 Å². The molecule has 0 unspecified atom stereocenters. The van der Waals surface area contributed by atoms with E-state index in [1.807, 2.05) is 0 Å². The number of amides is 1. The van der Waals surface area contributed by atoms with Crippen molar-refractivity contribution in [1.29, 1.82) is 0 Å². The Balaban J connectivity index is 2.22. The molecule has 0 saturated carbocycles. The molecule has 1 amide bonds. The maximum atomic E-state index is 11.0. The highest BCUT2D eigenvalue weighted by molar-refractivity contribution is 5.69. The zero-order valence-corrected chi connectivity index (χ0v) is 9.89. The summed E-state index contributed by atoms with van der Waals surface area (Å²) in [5.74, 6) is -0.0711. The van der Waals surface area contributed by atoms with E-state index in [1.165, 1.54) is 4.90 Å². The minimum Gasteiger partial charge on any atom is -0.465 e. The van der Waals surface area contributed by atoms with Gasteiger partial charge in [0.25, 0.3) is 0 Å². The number of nitrogens with zero attached hydrogens (tertiary/aromatic N) is 5. The molecule has 3 N–H and O–H groups in total. The second kappa shape index (κ2) is 4.92. The number of aromatic nitrogens is 2. The smallest absolute Gasteiger partial charge is 0.407 e. The summed E-state index contributed by atoms with van der Waals surface area (Å²) in [5, 5.41) is 19.8. The highest BCUT2D eigenvalue weighted by Gasteiger charge is 2.29. The molecule has 102 valence electrons. The van der Waals surface area contributed by atoms with Crippen molar-refractivity contribution >= 4 is 23.4 Å². The SMILES string of the molecule is Nc1ncnc(N2CCN(C(=O)O)CC2)c1[N+](=O)[O-]. The summed E-state index contributed by atoms with van der Waals surface area (Å²) in [4.78, 5) is 31.5. The van der Waals surface area contributed by atoms with Crippen LogP contribution >= 0.6 is 0 Å². The van der Waals surface area contributed by atoms with E-state index >= 15 is 0 Å². The lowest BCUT2D eigenvalue weighted by Gasteiger charge is -2.33. The Morgan fingerprint density at radius 2 is 2.00 bits per heavy atom. The maximum absolute atomic E-state index is 11.0. The van der Waals surface area contributed by atoms with E-state index in [-0.39, 0.29) is 30.4 Å². The van der Waals surface area contributed by atoms with Crippen molar-refractivity contribution in [1.82, 2.24) is 14.9 Å². The topological polar surface area (TPSA) is 139 Å². The first-order valence-corrected chi connectivity index (χ1v) is 5.48. The van der Waals surface area contributed by atoms with Gasteiger partial charge in [-0.1, -0.05) is 0 Å². The minimum atomic E-state index is -1.00. The number of nitrogens with two attached hydrogens (primary N) is 1. The van der Waals surface area contributed by atoms with Gasteiger partial charge in [0.2, 0.25) is 11.6 Å². The number of piperazine rings is 1. The van der Waals surface area contributed by atoms with Crippen LogP contribution in [0.5, 0.6) is 0 Å². The molecule has 1 saturated heterocycles. The summed E-state index contributed by atoms with van der Waals surface area (Å²) in [6.45, 7) is 1.17. The van der Waals surface area contributed by atoms with E-state index in [4.69, 9.17) is 10.8 Å². The average Bonchev–Trinajstić information content (AvgIpc) is 2.38. The molecule has 2 heterocycles. The van der Waals surface area contributed by atoms with Crippen molar-refractivity contribution < 1.29 is 14.8 Å². The Morgan fingerprint density at radius 1 is 1.37 bits per heavy atom. The number of hydrogen-bond acceptors (Lipinski definition) is 7. The van der Waals surface area contributed by atoms with Crippen molar-refractivity contribution in [2.24, 2.45) is 0 Å². The van der Waals surface area contributed by atoms with Gasteiger partial charge in [-0.05, 0) is 0 Å².